The van der Waals surface area contributed by atoms with Gasteiger partial charge in [0.25, 0.3) is 0 Å². The van der Waals surface area contributed by atoms with E-state index in [-0.39, 0.29) is 0 Å². The van der Waals surface area contributed by atoms with Crippen LogP contribution in [0.3, 0.4) is 0 Å². The summed E-state index contributed by atoms with van der Waals surface area (Å²) in [5, 5.41) is 14.6. The summed E-state index contributed by atoms with van der Waals surface area (Å²) in [6, 6.07) is 5.16. The number of fused-ring (bicyclic) bond motifs is 1. The van der Waals surface area contributed by atoms with Crippen LogP contribution in [0.25, 0.3) is 10.3 Å². The largest absolute Gasteiger partial charge is 0.465 e. The lowest BCUT2D eigenvalue weighted by molar-refractivity contribution is 0.210. The summed E-state index contributed by atoms with van der Waals surface area (Å²) in [4.78, 5) is 24.0. The number of carboxylic acid groups (broad SMARTS) is 1. The molecule has 112 valence electrons. The molecular formula is C13H12N6O2S. The van der Waals surface area contributed by atoms with E-state index in [4.69, 9.17) is 10.8 Å². The zero-order chi connectivity index (χ0) is 15.7. The van der Waals surface area contributed by atoms with Gasteiger partial charge in [0, 0.05) is 11.4 Å². The van der Waals surface area contributed by atoms with Crippen LogP contribution in [0.4, 0.5) is 27.2 Å². The number of benzene rings is 1. The van der Waals surface area contributed by atoms with Crippen molar-refractivity contribution in [3.8, 4) is 0 Å². The molecule has 0 radical (unpaired) electrons. The number of hydrogen-bond acceptors (Lipinski definition) is 7. The lowest BCUT2D eigenvalue weighted by Gasteiger charge is -2.10. The Balaban J connectivity index is 1.91. The number of nitrogen functional groups attached to an aromatic ring is 1. The fourth-order valence-electron chi connectivity index (χ4n) is 1.89. The van der Waals surface area contributed by atoms with E-state index >= 15 is 0 Å². The molecular weight excluding hydrogens is 304 g/mol. The number of hydrogen-bond donors (Lipinski definition) is 4. The molecule has 3 aromatic rings. The van der Waals surface area contributed by atoms with Gasteiger partial charge in [0.2, 0.25) is 5.95 Å². The second kappa shape index (κ2) is 5.45. The third-order valence-corrected chi connectivity index (χ3v) is 3.70. The molecule has 0 fully saturated rings. The van der Waals surface area contributed by atoms with E-state index in [1.807, 2.05) is 6.92 Å². The molecule has 0 unspecified atom stereocenters. The summed E-state index contributed by atoms with van der Waals surface area (Å²) in [7, 11) is 0. The molecule has 0 aliphatic heterocycles. The number of nitrogens with zero attached hydrogens (tertiary/aromatic N) is 3. The Bertz CT molecular complexity index is 863. The number of anilines is 4. The van der Waals surface area contributed by atoms with E-state index in [1.54, 1.807) is 24.4 Å². The summed E-state index contributed by atoms with van der Waals surface area (Å²) >= 11 is 1.28. The highest BCUT2D eigenvalue weighted by Gasteiger charge is 2.08. The maximum atomic E-state index is 10.7. The van der Waals surface area contributed by atoms with Crippen LogP contribution in [-0.4, -0.2) is 26.2 Å². The first-order valence-corrected chi connectivity index (χ1v) is 7.09. The van der Waals surface area contributed by atoms with Crippen molar-refractivity contribution in [3.63, 3.8) is 0 Å². The van der Waals surface area contributed by atoms with Gasteiger partial charge in [0.1, 0.15) is 5.52 Å². The Morgan fingerprint density at radius 2 is 2.18 bits per heavy atom. The molecule has 0 saturated carbocycles. The molecule has 5 N–H and O–H groups in total. The van der Waals surface area contributed by atoms with Crippen molar-refractivity contribution in [2.24, 2.45) is 0 Å². The topological polar surface area (TPSA) is 126 Å². The van der Waals surface area contributed by atoms with Gasteiger partial charge >= 0.3 is 6.09 Å². The maximum absolute atomic E-state index is 10.7. The summed E-state index contributed by atoms with van der Waals surface area (Å²) in [6.45, 7) is 1.90. The summed E-state index contributed by atoms with van der Waals surface area (Å²) in [6.07, 6.45) is 0.472. The van der Waals surface area contributed by atoms with Gasteiger partial charge in [-0.2, -0.15) is 4.98 Å². The highest BCUT2D eigenvalue weighted by Crippen LogP contribution is 2.25. The van der Waals surface area contributed by atoms with Crippen LogP contribution < -0.4 is 16.4 Å². The van der Waals surface area contributed by atoms with Crippen LogP contribution in [0.2, 0.25) is 0 Å². The van der Waals surface area contributed by atoms with E-state index in [1.165, 1.54) is 11.3 Å². The molecule has 3 rings (SSSR count). The van der Waals surface area contributed by atoms with E-state index in [0.29, 0.717) is 32.8 Å². The predicted molar refractivity (Wildman–Crippen MR) is 85.7 cm³/mol. The minimum atomic E-state index is -1.12. The van der Waals surface area contributed by atoms with Crippen molar-refractivity contribution >= 4 is 50.2 Å². The zero-order valence-corrected chi connectivity index (χ0v) is 12.3. The Kier molecular flexibility index (Phi) is 3.47. The van der Waals surface area contributed by atoms with Gasteiger partial charge < -0.3 is 16.2 Å². The minimum absolute atomic E-state index is 0.395. The first-order chi connectivity index (χ1) is 10.5. The van der Waals surface area contributed by atoms with Gasteiger partial charge in [-0.1, -0.05) is 17.4 Å². The monoisotopic (exact) mass is 316 g/mol. The van der Waals surface area contributed by atoms with Crippen molar-refractivity contribution in [2.75, 3.05) is 16.4 Å². The number of carbonyl (C=O) groups is 1. The molecule has 0 spiro atoms. The summed E-state index contributed by atoms with van der Waals surface area (Å²) in [5.74, 6) is 0.395. The van der Waals surface area contributed by atoms with E-state index < -0.39 is 6.09 Å². The highest BCUT2D eigenvalue weighted by molar-refractivity contribution is 7.21. The molecule has 0 aliphatic rings. The molecule has 0 bridgehead atoms. The number of nitrogens with one attached hydrogen (secondary N) is 2. The minimum Gasteiger partial charge on any atom is -0.465 e. The van der Waals surface area contributed by atoms with Gasteiger partial charge in [-0.25, -0.2) is 14.8 Å². The molecule has 2 heterocycles. The van der Waals surface area contributed by atoms with Crippen LogP contribution in [0.1, 0.15) is 5.56 Å². The van der Waals surface area contributed by atoms with Gasteiger partial charge in [-0.3, -0.25) is 5.32 Å². The molecule has 0 aliphatic carbocycles. The van der Waals surface area contributed by atoms with Gasteiger partial charge in [0.15, 0.2) is 9.96 Å². The molecule has 2 aromatic heterocycles. The van der Waals surface area contributed by atoms with Gasteiger partial charge in [0.05, 0.1) is 6.20 Å². The molecule has 9 heteroatoms. The Hall–Kier alpha value is -2.94. The standard InChI is InChI=1S/C13H12N6O2S/c1-6-2-3-7(16-13(20)21)4-8(6)18-12-15-5-9-10(19-12)22-11(14)17-9/h2-5,16H,1H3,(H2,14,17)(H,20,21)(H,15,18,19). The fourth-order valence-corrected chi connectivity index (χ4v) is 2.57. The predicted octanol–water partition coefficient (Wildman–Crippen LogP) is 2.81. The van der Waals surface area contributed by atoms with Gasteiger partial charge in [-0.15, -0.1) is 0 Å². The third kappa shape index (κ3) is 2.88. The lowest BCUT2D eigenvalue weighted by Crippen LogP contribution is -2.07. The van der Waals surface area contributed by atoms with Crippen LogP contribution in [0, 0.1) is 6.92 Å². The number of aryl methyl sites for hydroxylation is 1. The average Bonchev–Trinajstić information content (AvgIpc) is 2.81. The first-order valence-electron chi connectivity index (χ1n) is 6.28. The second-order valence-corrected chi connectivity index (χ2v) is 5.53. The van der Waals surface area contributed by atoms with Gasteiger partial charge in [-0.05, 0) is 24.6 Å². The third-order valence-electron chi connectivity index (χ3n) is 2.90. The van der Waals surface area contributed by atoms with Crippen LogP contribution in [0.15, 0.2) is 24.4 Å². The normalized spacial score (nSPS) is 10.6. The van der Waals surface area contributed by atoms with Crippen molar-refractivity contribution in [2.45, 2.75) is 6.92 Å². The maximum Gasteiger partial charge on any atom is 0.409 e. The quantitative estimate of drug-likeness (QED) is 0.585. The summed E-state index contributed by atoms with van der Waals surface area (Å²) < 4.78 is 0. The van der Waals surface area contributed by atoms with Crippen LogP contribution in [-0.2, 0) is 0 Å². The Morgan fingerprint density at radius 3 is 2.95 bits per heavy atom. The van der Waals surface area contributed by atoms with Crippen molar-refractivity contribution in [1.82, 2.24) is 15.0 Å². The molecule has 1 aromatic carbocycles. The molecule has 8 nitrogen and oxygen atoms in total. The number of thiazole rings is 1. The number of aromatic nitrogens is 3. The zero-order valence-electron chi connectivity index (χ0n) is 11.5. The number of amides is 1. The van der Waals surface area contributed by atoms with E-state index in [9.17, 15) is 4.79 Å². The number of nitrogens with two attached hydrogens (primary N) is 1. The molecule has 1 amide bonds. The van der Waals surface area contributed by atoms with E-state index in [0.717, 1.165) is 5.56 Å². The number of rotatable bonds is 3. The smallest absolute Gasteiger partial charge is 0.409 e. The highest BCUT2D eigenvalue weighted by atomic mass is 32.1. The average molecular weight is 316 g/mol. The first kappa shape index (κ1) is 14.0. The lowest BCUT2D eigenvalue weighted by atomic mass is 10.2. The Labute approximate surface area is 129 Å². The van der Waals surface area contributed by atoms with Crippen LogP contribution >= 0.6 is 11.3 Å². The molecule has 0 saturated heterocycles. The van der Waals surface area contributed by atoms with Crippen molar-refractivity contribution in [3.05, 3.63) is 30.0 Å². The van der Waals surface area contributed by atoms with Crippen molar-refractivity contribution < 1.29 is 9.90 Å². The second-order valence-electron chi connectivity index (χ2n) is 4.52. The fraction of sp³-hybridized carbons (Fsp3) is 0.0769. The SMILES string of the molecule is Cc1ccc(NC(=O)O)cc1Nc1ncc2nc(N)sc2n1. The Morgan fingerprint density at radius 1 is 1.36 bits per heavy atom. The molecule has 0 atom stereocenters. The van der Waals surface area contributed by atoms with E-state index in [2.05, 4.69) is 25.6 Å². The van der Waals surface area contributed by atoms with Crippen molar-refractivity contribution in [1.29, 1.82) is 0 Å². The summed E-state index contributed by atoms with van der Waals surface area (Å²) in [5.41, 5.74) is 8.39. The van der Waals surface area contributed by atoms with Crippen LogP contribution in [0.5, 0.6) is 0 Å². The molecule has 22 heavy (non-hydrogen) atoms.